The van der Waals surface area contributed by atoms with Gasteiger partial charge in [-0.2, -0.15) is 0 Å². The molecule has 0 bridgehead atoms. The van der Waals surface area contributed by atoms with Crippen molar-refractivity contribution in [2.45, 2.75) is 26.4 Å². The number of para-hydroxylation sites is 1. The monoisotopic (exact) mass is 379 g/mol. The first kappa shape index (κ1) is 17.5. The minimum absolute atomic E-state index is 0.0982. The normalized spacial score (nSPS) is 17.2. The summed E-state index contributed by atoms with van der Waals surface area (Å²) in [4.78, 5) is 32.8. The smallest absolute Gasteiger partial charge is 0.282 e. The van der Waals surface area contributed by atoms with Crippen LogP contribution in [0.1, 0.15) is 18.1 Å². The third kappa shape index (κ3) is 3.04. The fourth-order valence-corrected chi connectivity index (χ4v) is 3.53. The number of carbonyl (C=O) groups is 2. The van der Waals surface area contributed by atoms with Crippen molar-refractivity contribution in [1.82, 2.24) is 9.88 Å². The predicted octanol–water partition coefficient (Wildman–Crippen LogP) is 4.55. The quantitative estimate of drug-likeness (QED) is 0.495. The summed E-state index contributed by atoms with van der Waals surface area (Å²) in [6, 6.07) is 16.1. The van der Waals surface area contributed by atoms with Gasteiger partial charge >= 0.3 is 6.03 Å². The van der Waals surface area contributed by atoms with Crippen LogP contribution in [0.2, 0.25) is 5.15 Å². The number of fused-ring (bicyclic) bond motifs is 1. The van der Waals surface area contributed by atoms with E-state index in [1.54, 1.807) is 6.92 Å². The molecule has 0 aliphatic carbocycles. The molecule has 2 aromatic carbocycles. The molecule has 1 saturated heterocycles. The molecule has 4 rings (SSSR count). The van der Waals surface area contributed by atoms with Gasteiger partial charge in [-0.3, -0.25) is 14.6 Å². The summed E-state index contributed by atoms with van der Waals surface area (Å²) >= 11 is 6.31. The average Bonchev–Trinajstić information content (AvgIpc) is 2.86. The Morgan fingerprint density at radius 2 is 1.78 bits per heavy atom. The lowest BCUT2D eigenvalue weighted by Crippen LogP contribution is -2.33. The zero-order valence-corrected chi connectivity index (χ0v) is 15.8. The van der Waals surface area contributed by atoms with Gasteiger partial charge in [-0.1, -0.05) is 47.5 Å². The fraction of sp³-hybridized carbons (Fsp3) is 0.190. The Balaban J connectivity index is 1.66. The van der Waals surface area contributed by atoms with Crippen LogP contribution in [0.4, 0.5) is 10.5 Å². The van der Waals surface area contributed by atoms with E-state index in [1.807, 2.05) is 61.5 Å². The predicted molar refractivity (Wildman–Crippen MR) is 106 cm³/mol. The van der Waals surface area contributed by atoms with Crippen LogP contribution in [0, 0.1) is 6.92 Å². The number of hydrogen-bond donors (Lipinski definition) is 0. The summed E-state index contributed by atoms with van der Waals surface area (Å²) in [7, 11) is 0. The first-order valence-electron chi connectivity index (χ1n) is 8.71. The van der Waals surface area contributed by atoms with E-state index in [1.165, 1.54) is 9.80 Å². The summed E-state index contributed by atoms with van der Waals surface area (Å²) in [5.74, 6) is -0.246. The highest BCUT2D eigenvalue weighted by molar-refractivity contribution is 6.30. The summed E-state index contributed by atoms with van der Waals surface area (Å²) in [5.41, 5.74) is 3.22. The van der Waals surface area contributed by atoms with E-state index in [-0.39, 0.29) is 18.5 Å². The van der Waals surface area contributed by atoms with Crippen LogP contribution in [0.5, 0.6) is 0 Å². The molecule has 0 N–H and O–H groups in total. The number of aryl methyl sites for hydroxylation is 1. The second kappa shape index (κ2) is 6.67. The lowest BCUT2D eigenvalue weighted by Gasteiger charge is -2.19. The molecule has 1 unspecified atom stereocenters. The number of nitrogens with zero attached hydrogens (tertiary/aromatic N) is 3. The van der Waals surface area contributed by atoms with Gasteiger partial charge < -0.3 is 0 Å². The first-order chi connectivity index (χ1) is 13.0. The third-order valence-corrected chi connectivity index (χ3v) is 5.17. The molecule has 6 heteroatoms. The van der Waals surface area contributed by atoms with Gasteiger partial charge in [0, 0.05) is 16.6 Å². The molecule has 1 aliphatic heterocycles. The number of anilines is 1. The molecule has 2 heterocycles. The molecule has 0 radical (unpaired) electrons. The van der Waals surface area contributed by atoms with E-state index >= 15 is 0 Å². The Hall–Kier alpha value is -2.92. The van der Waals surface area contributed by atoms with Crippen molar-refractivity contribution in [3.63, 3.8) is 0 Å². The van der Waals surface area contributed by atoms with Crippen molar-refractivity contribution < 1.29 is 9.59 Å². The van der Waals surface area contributed by atoms with Crippen molar-refractivity contribution in [3.8, 4) is 0 Å². The molecule has 1 aromatic heterocycles. The molecule has 3 amide bonds. The minimum atomic E-state index is -0.563. The Labute approximate surface area is 162 Å². The maximum Gasteiger partial charge on any atom is 0.332 e. The number of carbonyl (C=O) groups excluding carboxylic acids is 2. The Morgan fingerprint density at radius 3 is 2.52 bits per heavy atom. The Morgan fingerprint density at radius 1 is 1.07 bits per heavy atom. The highest BCUT2D eigenvalue weighted by Gasteiger charge is 2.43. The maximum absolute atomic E-state index is 13.0. The number of pyridine rings is 1. The molecule has 1 fully saturated rings. The number of halogens is 1. The van der Waals surface area contributed by atoms with E-state index in [0.29, 0.717) is 16.4 Å². The highest BCUT2D eigenvalue weighted by atomic mass is 35.5. The SMILES string of the molecule is Cc1ccc(N2C(=O)N(Cc3cc4ccccc4nc3Cl)C(=O)C2C)cc1. The molecule has 1 aliphatic rings. The standard InChI is InChI=1S/C21H18ClN3O2/c1-13-7-9-17(10-8-13)25-14(2)20(26)24(21(25)27)12-16-11-15-5-3-4-6-18(15)23-19(16)22/h3-11,14H,12H2,1-2H3. The van der Waals surface area contributed by atoms with Crippen LogP contribution < -0.4 is 4.90 Å². The van der Waals surface area contributed by atoms with E-state index in [9.17, 15) is 9.59 Å². The van der Waals surface area contributed by atoms with E-state index in [4.69, 9.17) is 11.6 Å². The van der Waals surface area contributed by atoms with Crippen molar-refractivity contribution >= 4 is 40.1 Å². The van der Waals surface area contributed by atoms with E-state index in [0.717, 1.165) is 16.5 Å². The summed E-state index contributed by atoms with van der Waals surface area (Å²) < 4.78 is 0. The number of urea groups is 1. The van der Waals surface area contributed by atoms with Gasteiger partial charge in [-0.05, 0) is 38.1 Å². The molecule has 136 valence electrons. The molecular weight excluding hydrogens is 362 g/mol. The summed E-state index contributed by atoms with van der Waals surface area (Å²) in [6.45, 7) is 3.81. The number of hydrogen-bond acceptors (Lipinski definition) is 3. The number of rotatable bonds is 3. The molecule has 27 heavy (non-hydrogen) atoms. The Kier molecular flexibility index (Phi) is 4.32. The molecule has 1 atom stereocenters. The van der Waals surface area contributed by atoms with Crippen LogP contribution in [-0.2, 0) is 11.3 Å². The Bertz CT molecular complexity index is 1050. The zero-order chi connectivity index (χ0) is 19.1. The van der Waals surface area contributed by atoms with Crippen LogP contribution in [0.15, 0.2) is 54.6 Å². The second-order valence-electron chi connectivity index (χ2n) is 6.72. The van der Waals surface area contributed by atoms with Crippen molar-refractivity contribution in [1.29, 1.82) is 0 Å². The summed E-state index contributed by atoms with van der Waals surface area (Å²) in [6.07, 6.45) is 0. The minimum Gasteiger partial charge on any atom is -0.282 e. The zero-order valence-electron chi connectivity index (χ0n) is 15.0. The molecule has 5 nitrogen and oxygen atoms in total. The molecule has 0 spiro atoms. The van der Waals surface area contributed by atoms with Crippen molar-refractivity contribution in [3.05, 3.63) is 70.9 Å². The molecule has 3 aromatic rings. The lowest BCUT2D eigenvalue weighted by atomic mass is 10.1. The average molecular weight is 380 g/mol. The summed E-state index contributed by atoms with van der Waals surface area (Å²) in [5, 5.41) is 1.22. The lowest BCUT2D eigenvalue weighted by molar-refractivity contribution is -0.127. The molecular formula is C21H18ClN3O2. The van der Waals surface area contributed by atoms with Gasteiger partial charge in [0.1, 0.15) is 11.2 Å². The first-order valence-corrected chi connectivity index (χ1v) is 9.09. The number of amides is 3. The van der Waals surface area contributed by atoms with E-state index < -0.39 is 6.04 Å². The van der Waals surface area contributed by atoms with Crippen LogP contribution in [-0.4, -0.2) is 27.9 Å². The van der Waals surface area contributed by atoms with Crippen molar-refractivity contribution in [2.75, 3.05) is 4.90 Å². The highest BCUT2D eigenvalue weighted by Crippen LogP contribution is 2.29. The second-order valence-corrected chi connectivity index (χ2v) is 7.08. The fourth-order valence-electron chi connectivity index (χ4n) is 3.33. The van der Waals surface area contributed by atoms with Gasteiger partial charge in [0.05, 0.1) is 12.1 Å². The van der Waals surface area contributed by atoms with Gasteiger partial charge in [-0.15, -0.1) is 0 Å². The number of aromatic nitrogens is 1. The third-order valence-electron chi connectivity index (χ3n) is 4.84. The number of benzene rings is 2. The van der Waals surface area contributed by atoms with Gasteiger partial charge in [-0.25, -0.2) is 9.78 Å². The van der Waals surface area contributed by atoms with Crippen LogP contribution >= 0.6 is 11.6 Å². The largest absolute Gasteiger partial charge is 0.332 e. The number of imide groups is 1. The maximum atomic E-state index is 13.0. The topological polar surface area (TPSA) is 53.5 Å². The van der Waals surface area contributed by atoms with Crippen LogP contribution in [0.3, 0.4) is 0 Å². The van der Waals surface area contributed by atoms with Gasteiger partial charge in [0.2, 0.25) is 0 Å². The van der Waals surface area contributed by atoms with Crippen LogP contribution in [0.25, 0.3) is 10.9 Å². The van der Waals surface area contributed by atoms with E-state index in [2.05, 4.69) is 4.98 Å². The van der Waals surface area contributed by atoms with Gasteiger partial charge in [0.25, 0.3) is 5.91 Å². The van der Waals surface area contributed by atoms with Crippen molar-refractivity contribution in [2.24, 2.45) is 0 Å². The van der Waals surface area contributed by atoms with Gasteiger partial charge in [0.15, 0.2) is 0 Å². The molecule has 0 saturated carbocycles.